The molecule has 0 atom stereocenters. The fourth-order valence-electron chi connectivity index (χ4n) is 0.912. The third-order valence-electron chi connectivity index (χ3n) is 1.54. The number of hydrogen-bond acceptors (Lipinski definition) is 5. The van der Waals surface area contributed by atoms with E-state index in [1.54, 1.807) is 6.07 Å². The molecule has 0 aliphatic heterocycles. The summed E-state index contributed by atoms with van der Waals surface area (Å²) in [5.74, 6) is 6.23. The van der Waals surface area contributed by atoms with Crippen LogP contribution in [0.5, 0.6) is 0 Å². The van der Waals surface area contributed by atoms with Gasteiger partial charge in [0.2, 0.25) is 5.95 Å². The first kappa shape index (κ1) is 8.33. The van der Waals surface area contributed by atoms with Gasteiger partial charge in [-0.1, -0.05) is 11.6 Å². The number of nitrogens with two attached hydrogens (primary N) is 2. The summed E-state index contributed by atoms with van der Waals surface area (Å²) >= 11 is 7.33. The highest BCUT2D eigenvalue weighted by molar-refractivity contribution is 7.14. The molecule has 2 rings (SSSR count). The third kappa shape index (κ3) is 1.24. The van der Waals surface area contributed by atoms with E-state index in [4.69, 9.17) is 23.2 Å². The van der Waals surface area contributed by atoms with Gasteiger partial charge < -0.3 is 11.6 Å². The van der Waals surface area contributed by atoms with E-state index in [0.29, 0.717) is 10.8 Å². The molecule has 0 fully saturated rings. The van der Waals surface area contributed by atoms with Crippen molar-refractivity contribution in [1.82, 2.24) is 14.9 Å². The molecule has 0 bridgehead atoms. The van der Waals surface area contributed by atoms with Gasteiger partial charge in [-0.3, -0.25) is 0 Å². The number of thiophene rings is 1. The van der Waals surface area contributed by atoms with Crippen LogP contribution in [0.25, 0.3) is 10.7 Å². The standard InChI is InChI=1S/C6H6ClN5S/c7-3-1-2-13-4(3)5-10-11-6(8)12(5)9/h1-2H,9H2,(H2,8,11). The second-order valence-electron chi connectivity index (χ2n) is 2.35. The van der Waals surface area contributed by atoms with E-state index in [1.807, 2.05) is 5.38 Å². The van der Waals surface area contributed by atoms with E-state index >= 15 is 0 Å². The van der Waals surface area contributed by atoms with E-state index in [9.17, 15) is 0 Å². The lowest BCUT2D eigenvalue weighted by Gasteiger charge is -1.97. The van der Waals surface area contributed by atoms with Crippen LogP contribution in [0.2, 0.25) is 5.02 Å². The molecule has 68 valence electrons. The van der Waals surface area contributed by atoms with Crippen molar-refractivity contribution < 1.29 is 0 Å². The molecule has 7 heteroatoms. The van der Waals surface area contributed by atoms with Crippen LogP contribution in [0, 0.1) is 0 Å². The van der Waals surface area contributed by atoms with Crippen LogP contribution in [0.15, 0.2) is 11.4 Å². The van der Waals surface area contributed by atoms with Gasteiger partial charge in [0, 0.05) is 0 Å². The van der Waals surface area contributed by atoms with Gasteiger partial charge >= 0.3 is 0 Å². The number of rotatable bonds is 1. The summed E-state index contributed by atoms with van der Waals surface area (Å²) < 4.78 is 1.21. The van der Waals surface area contributed by atoms with E-state index in [0.717, 1.165) is 4.88 Å². The zero-order valence-electron chi connectivity index (χ0n) is 6.44. The molecule has 0 aromatic carbocycles. The van der Waals surface area contributed by atoms with Gasteiger partial charge in [-0.25, -0.2) is 4.68 Å². The minimum atomic E-state index is 0.166. The van der Waals surface area contributed by atoms with E-state index in [2.05, 4.69) is 10.2 Å². The Kier molecular flexibility index (Phi) is 1.86. The Balaban J connectivity index is 2.59. The maximum absolute atomic E-state index is 5.89. The van der Waals surface area contributed by atoms with Crippen LogP contribution in [0.1, 0.15) is 0 Å². The van der Waals surface area contributed by atoms with E-state index < -0.39 is 0 Å². The first-order valence-electron chi connectivity index (χ1n) is 3.39. The van der Waals surface area contributed by atoms with E-state index in [1.165, 1.54) is 16.0 Å². The summed E-state index contributed by atoms with van der Waals surface area (Å²) in [5.41, 5.74) is 5.42. The highest BCUT2D eigenvalue weighted by atomic mass is 35.5. The quantitative estimate of drug-likeness (QED) is 0.694. The van der Waals surface area contributed by atoms with Gasteiger partial charge in [-0.05, 0) is 11.4 Å². The zero-order chi connectivity index (χ0) is 9.42. The molecule has 0 saturated heterocycles. The topological polar surface area (TPSA) is 82.8 Å². The average Bonchev–Trinajstić information content (AvgIpc) is 2.62. The predicted octanol–water partition coefficient (Wildman–Crippen LogP) is 0.956. The highest BCUT2D eigenvalue weighted by Crippen LogP contribution is 2.31. The summed E-state index contributed by atoms with van der Waals surface area (Å²) in [7, 11) is 0. The van der Waals surface area contributed by atoms with Gasteiger partial charge in [0.05, 0.1) is 9.90 Å². The normalized spacial score (nSPS) is 10.5. The summed E-state index contributed by atoms with van der Waals surface area (Å²) in [6, 6.07) is 1.77. The van der Waals surface area contributed by atoms with Gasteiger partial charge in [0.15, 0.2) is 5.82 Å². The molecule has 0 radical (unpaired) electrons. The van der Waals surface area contributed by atoms with Crippen LogP contribution in [-0.2, 0) is 0 Å². The molecule has 2 aromatic rings. The molecule has 0 spiro atoms. The Labute approximate surface area is 82.9 Å². The van der Waals surface area contributed by atoms with Crippen LogP contribution in [0.4, 0.5) is 5.95 Å². The molecule has 0 amide bonds. The second kappa shape index (κ2) is 2.90. The highest BCUT2D eigenvalue weighted by Gasteiger charge is 2.13. The fraction of sp³-hybridized carbons (Fsp3) is 0. The Morgan fingerprint density at radius 1 is 1.46 bits per heavy atom. The van der Waals surface area contributed by atoms with Crippen molar-refractivity contribution in [2.75, 3.05) is 11.6 Å². The Morgan fingerprint density at radius 2 is 2.23 bits per heavy atom. The first-order valence-corrected chi connectivity index (χ1v) is 4.65. The molecule has 2 aromatic heterocycles. The van der Waals surface area contributed by atoms with Gasteiger partial charge in [0.25, 0.3) is 0 Å². The van der Waals surface area contributed by atoms with Crippen LogP contribution >= 0.6 is 22.9 Å². The minimum absolute atomic E-state index is 0.166. The first-order chi connectivity index (χ1) is 6.20. The smallest absolute Gasteiger partial charge is 0.241 e. The van der Waals surface area contributed by atoms with Crippen molar-refractivity contribution in [1.29, 1.82) is 0 Å². The van der Waals surface area contributed by atoms with Crippen molar-refractivity contribution in [2.45, 2.75) is 0 Å². The van der Waals surface area contributed by atoms with Gasteiger partial charge in [-0.15, -0.1) is 21.5 Å². The molecular formula is C6H6ClN5S. The van der Waals surface area contributed by atoms with Crippen molar-refractivity contribution in [3.63, 3.8) is 0 Å². The van der Waals surface area contributed by atoms with Crippen molar-refractivity contribution in [3.8, 4) is 10.7 Å². The van der Waals surface area contributed by atoms with Crippen molar-refractivity contribution in [2.24, 2.45) is 0 Å². The molecule has 0 saturated carbocycles. The van der Waals surface area contributed by atoms with Crippen molar-refractivity contribution >= 4 is 28.9 Å². The van der Waals surface area contributed by atoms with Gasteiger partial charge in [0.1, 0.15) is 0 Å². The predicted molar refractivity (Wildman–Crippen MR) is 52.9 cm³/mol. The monoisotopic (exact) mass is 215 g/mol. The van der Waals surface area contributed by atoms with Gasteiger partial charge in [-0.2, -0.15) is 0 Å². The SMILES string of the molecule is Nc1nnc(-c2sccc2Cl)n1N. The molecule has 5 nitrogen and oxygen atoms in total. The molecule has 2 heterocycles. The average molecular weight is 216 g/mol. The maximum atomic E-state index is 5.89. The zero-order valence-corrected chi connectivity index (χ0v) is 8.01. The Hall–Kier alpha value is -1.27. The Bertz CT molecular complexity index is 434. The second-order valence-corrected chi connectivity index (χ2v) is 3.67. The summed E-state index contributed by atoms with van der Waals surface area (Å²) in [4.78, 5) is 0.772. The molecule has 0 aliphatic rings. The number of nitrogen functional groups attached to an aromatic ring is 2. The van der Waals surface area contributed by atoms with Crippen LogP contribution < -0.4 is 11.6 Å². The fourth-order valence-corrected chi connectivity index (χ4v) is 2.03. The third-order valence-corrected chi connectivity index (χ3v) is 2.88. The lowest BCUT2D eigenvalue weighted by Crippen LogP contribution is -2.13. The minimum Gasteiger partial charge on any atom is -0.366 e. The number of hydrogen-bond donors (Lipinski definition) is 2. The number of aromatic nitrogens is 3. The molecule has 13 heavy (non-hydrogen) atoms. The summed E-state index contributed by atoms with van der Waals surface area (Å²) in [6.45, 7) is 0. The summed E-state index contributed by atoms with van der Waals surface area (Å²) in [6.07, 6.45) is 0. The Morgan fingerprint density at radius 3 is 2.69 bits per heavy atom. The maximum Gasteiger partial charge on any atom is 0.241 e. The molecule has 4 N–H and O–H groups in total. The lowest BCUT2D eigenvalue weighted by molar-refractivity contribution is 1.03. The lowest BCUT2D eigenvalue weighted by atomic mass is 10.4. The molecular weight excluding hydrogens is 210 g/mol. The van der Waals surface area contributed by atoms with Crippen molar-refractivity contribution in [3.05, 3.63) is 16.5 Å². The number of anilines is 1. The number of nitrogens with zero attached hydrogens (tertiary/aromatic N) is 3. The summed E-state index contributed by atoms with van der Waals surface area (Å²) in [5, 5.41) is 9.89. The molecule has 0 unspecified atom stereocenters. The van der Waals surface area contributed by atoms with Crippen LogP contribution in [0.3, 0.4) is 0 Å². The largest absolute Gasteiger partial charge is 0.366 e. The number of halogens is 1. The van der Waals surface area contributed by atoms with E-state index in [-0.39, 0.29) is 5.95 Å². The van der Waals surface area contributed by atoms with Crippen LogP contribution in [-0.4, -0.2) is 14.9 Å². The molecule has 0 aliphatic carbocycles.